The van der Waals surface area contributed by atoms with Crippen LogP contribution in [0.1, 0.15) is 49.7 Å². The Hall–Kier alpha value is -0.690. The molecule has 0 fully saturated rings. The highest BCUT2D eigenvalue weighted by Crippen LogP contribution is 2.40. The summed E-state index contributed by atoms with van der Waals surface area (Å²) in [7, 11) is 0. The van der Waals surface area contributed by atoms with Gasteiger partial charge in [-0.1, -0.05) is 89.5 Å². The fraction of sp³-hybridized carbons (Fsp3) is 0.421. The number of rotatable bonds is 8. The fourth-order valence-corrected chi connectivity index (χ4v) is 2.69. The van der Waals surface area contributed by atoms with Gasteiger partial charge in [-0.15, -0.1) is 0 Å². The van der Waals surface area contributed by atoms with E-state index < -0.39 is 7.59 Å². The summed E-state index contributed by atoms with van der Waals surface area (Å²) in [6.45, 7) is 5.24. The van der Waals surface area contributed by atoms with Crippen molar-refractivity contribution in [1.29, 1.82) is 0 Å². The Kier molecular flexibility index (Phi) is 9.59. The van der Waals surface area contributed by atoms with Gasteiger partial charge in [0, 0.05) is 6.07 Å². The van der Waals surface area contributed by atoms with Crippen LogP contribution in [0.5, 0.6) is 11.5 Å². The number of ether oxygens (including phenoxy) is 2. The van der Waals surface area contributed by atoms with Crippen LogP contribution in [-0.4, -0.2) is 28.2 Å². The highest BCUT2D eigenvalue weighted by Gasteiger charge is 2.33. The summed E-state index contributed by atoms with van der Waals surface area (Å²) in [5.74, 6) is 1.21. The molecule has 1 aromatic heterocycles. The van der Waals surface area contributed by atoms with Crippen molar-refractivity contribution in [3.63, 3.8) is 0 Å². The minimum atomic E-state index is -1.91. The van der Waals surface area contributed by atoms with Gasteiger partial charge in [0.25, 0.3) is 0 Å². The maximum Gasteiger partial charge on any atom is 0.250 e. The maximum absolute atomic E-state index is 5.90. The van der Waals surface area contributed by atoms with Crippen LogP contribution in [-0.2, 0) is 7.59 Å². The van der Waals surface area contributed by atoms with Crippen molar-refractivity contribution in [3.8, 4) is 11.5 Å². The molecule has 0 spiro atoms. The Morgan fingerprint density at radius 2 is 1.20 bits per heavy atom. The largest absolute Gasteiger partial charge is 0.493 e. The minimum Gasteiger partial charge on any atom is -0.493 e. The van der Waals surface area contributed by atoms with Gasteiger partial charge in [-0.25, -0.2) is 15.0 Å². The zero-order valence-corrected chi connectivity index (χ0v) is 20.7. The fourth-order valence-electron chi connectivity index (χ4n) is 2.19. The molecule has 0 N–H and O–H groups in total. The summed E-state index contributed by atoms with van der Waals surface area (Å²) in [5, 5.41) is 0. The van der Waals surface area contributed by atoms with Gasteiger partial charge < -0.3 is 9.47 Å². The average molecular weight is 534 g/mol. The highest BCUT2D eigenvalue weighted by atomic mass is 35.6. The molecule has 0 aliphatic heterocycles. The van der Waals surface area contributed by atoms with Crippen LogP contribution in [0.15, 0.2) is 18.2 Å². The van der Waals surface area contributed by atoms with Gasteiger partial charge in [-0.2, -0.15) is 0 Å². The first-order valence-electron chi connectivity index (χ1n) is 9.02. The third-order valence-corrected chi connectivity index (χ3v) is 4.45. The summed E-state index contributed by atoms with van der Waals surface area (Å²) in [6, 6.07) is 5.56. The van der Waals surface area contributed by atoms with Crippen LogP contribution in [0.4, 0.5) is 0 Å². The van der Waals surface area contributed by atoms with Gasteiger partial charge in [0.15, 0.2) is 17.5 Å². The number of hydrogen-bond donors (Lipinski definition) is 0. The van der Waals surface area contributed by atoms with Crippen molar-refractivity contribution in [2.45, 2.75) is 34.3 Å². The number of nitrogens with zero attached hydrogens (tertiary/aromatic N) is 3. The van der Waals surface area contributed by atoms with Gasteiger partial charge >= 0.3 is 0 Å². The molecule has 164 valence electrons. The van der Waals surface area contributed by atoms with Gasteiger partial charge in [0.1, 0.15) is 11.5 Å². The van der Waals surface area contributed by atoms with Crippen molar-refractivity contribution in [2.24, 2.45) is 0 Å². The molecule has 0 saturated carbocycles. The molecular weight excluding hydrogens is 515 g/mol. The SMILES string of the molecule is CCCOc1cc(C=Cc2nc(C(Cl)(Cl)Cl)nc(C(Cl)(Cl)Cl)n2)cc(OCCC)c1. The quantitative estimate of drug-likeness (QED) is 0.334. The topological polar surface area (TPSA) is 57.1 Å². The van der Waals surface area contributed by atoms with Crippen LogP contribution >= 0.6 is 69.6 Å². The van der Waals surface area contributed by atoms with E-state index in [1.54, 1.807) is 12.2 Å². The van der Waals surface area contributed by atoms with E-state index in [1.165, 1.54) is 0 Å². The lowest BCUT2D eigenvalue weighted by Gasteiger charge is -2.14. The summed E-state index contributed by atoms with van der Waals surface area (Å²) in [5.41, 5.74) is 0.793. The predicted octanol–water partition coefficient (Wildman–Crippen LogP) is 7.27. The summed E-state index contributed by atoms with van der Waals surface area (Å²) < 4.78 is 7.65. The van der Waals surface area contributed by atoms with E-state index in [9.17, 15) is 0 Å². The molecule has 0 radical (unpaired) electrons. The zero-order valence-electron chi connectivity index (χ0n) is 16.1. The van der Waals surface area contributed by atoms with Crippen LogP contribution in [0.2, 0.25) is 0 Å². The first kappa shape index (κ1) is 25.6. The van der Waals surface area contributed by atoms with Crippen molar-refractivity contribution >= 4 is 81.8 Å². The lowest BCUT2D eigenvalue weighted by atomic mass is 10.2. The molecule has 0 aliphatic rings. The molecule has 0 atom stereocenters. The molecule has 1 aromatic carbocycles. The first-order valence-corrected chi connectivity index (χ1v) is 11.3. The zero-order chi connectivity index (χ0) is 22.4. The smallest absolute Gasteiger partial charge is 0.250 e. The lowest BCUT2D eigenvalue weighted by Crippen LogP contribution is -2.16. The van der Waals surface area contributed by atoms with Gasteiger partial charge in [0.05, 0.1) is 13.2 Å². The number of hydrogen-bond acceptors (Lipinski definition) is 5. The van der Waals surface area contributed by atoms with Crippen LogP contribution in [0.3, 0.4) is 0 Å². The molecule has 0 aliphatic carbocycles. The minimum absolute atomic E-state index is 0.156. The molecule has 0 amide bonds. The summed E-state index contributed by atoms with van der Waals surface area (Å²) in [6.07, 6.45) is 5.10. The van der Waals surface area contributed by atoms with E-state index >= 15 is 0 Å². The lowest BCUT2D eigenvalue weighted by molar-refractivity contribution is 0.301. The molecule has 11 heteroatoms. The standard InChI is InChI=1S/C19H19Cl6N3O2/c1-3-7-29-13-9-12(10-14(11-13)30-8-4-2)5-6-15-26-16(18(20,21)22)28-17(27-15)19(23,24)25/h5-6,9-11H,3-4,7-8H2,1-2H3. The number of benzene rings is 1. The average Bonchev–Trinajstić information content (AvgIpc) is 2.67. The molecule has 30 heavy (non-hydrogen) atoms. The molecule has 2 rings (SSSR count). The normalized spacial score (nSPS) is 12.4. The Balaban J connectivity index is 2.41. The molecule has 0 saturated heterocycles. The Morgan fingerprint density at radius 1 is 0.733 bits per heavy atom. The third kappa shape index (κ3) is 8.10. The maximum atomic E-state index is 5.90. The Labute approximate surface area is 205 Å². The number of alkyl halides is 6. The van der Waals surface area contributed by atoms with E-state index in [2.05, 4.69) is 15.0 Å². The van der Waals surface area contributed by atoms with Gasteiger partial charge in [-0.05, 0) is 36.6 Å². The van der Waals surface area contributed by atoms with Crippen LogP contribution in [0, 0.1) is 0 Å². The van der Waals surface area contributed by atoms with Gasteiger partial charge in [-0.3, -0.25) is 0 Å². The second-order valence-electron chi connectivity index (χ2n) is 6.10. The Morgan fingerprint density at radius 3 is 1.60 bits per heavy atom. The molecular formula is C19H19Cl6N3O2. The van der Waals surface area contributed by atoms with Crippen molar-refractivity contribution in [3.05, 3.63) is 41.2 Å². The van der Waals surface area contributed by atoms with Gasteiger partial charge in [0.2, 0.25) is 7.59 Å². The third-order valence-electron chi connectivity index (χ3n) is 3.43. The summed E-state index contributed by atoms with van der Waals surface area (Å²) in [4.78, 5) is 12.2. The van der Waals surface area contributed by atoms with Crippen LogP contribution in [0.25, 0.3) is 12.2 Å². The first-order chi connectivity index (χ1) is 14.0. The van der Waals surface area contributed by atoms with Crippen molar-refractivity contribution < 1.29 is 9.47 Å². The Bertz CT molecular complexity index is 823. The molecule has 0 bridgehead atoms. The highest BCUT2D eigenvalue weighted by molar-refractivity contribution is 6.67. The van der Waals surface area contributed by atoms with Crippen molar-refractivity contribution in [1.82, 2.24) is 15.0 Å². The van der Waals surface area contributed by atoms with Crippen molar-refractivity contribution in [2.75, 3.05) is 13.2 Å². The molecule has 5 nitrogen and oxygen atoms in total. The van der Waals surface area contributed by atoms with E-state index in [0.29, 0.717) is 24.7 Å². The second kappa shape index (κ2) is 11.3. The van der Waals surface area contributed by atoms with E-state index in [0.717, 1.165) is 18.4 Å². The number of aromatic nitrogens is 3. The monoisotopic (exact) mass is 531 g/mol. The predicted molar refractivity (Wildman–Crippen MR) is 125 cm³/mol. The van der Waals surface area contributed by atoms with E-state index in [4.69, 9.17) is 79.1 Å². The van der Waals surface area contributed by atoms with Crippen LogP contribution < -0.4 is 9.47 Å². The summed E-state index contributed by atoms with van der Waals surface area (Å²) >= 11 is 35.4. The second-order valence-corrected chi connectivity index (χ2v) is 10.7. The van der Waals surface area contributed by atoms with E-state index in [1.807, 2.05) is 32.0 Å². The molecule has 1 heterocycles. The van der Waals surface area contributed by atoms with E-state index in [-0.39, 0.29) is 17.5 Å². The molecule has 0 unspecified atom stereocenters. The molecule has 2 aromatic rings. The number of halogens is 6.